The molecule has 1 aromatic carbocycles. The molecule has 0 atom stereocenters. The van der Waals surface area contributed by atoms with Crippen LogP contribution in [0.15, 0.2) is 30.3 Å². The molecular weight excluding hydrogens is 322 g/mol. The first-order valence-corrected chi connectivity index (χ1v) is 7.80. The molecule has 2 aromatic heterocycles. The van der Waals surface area contributed by atoms with Gasteiger partial charge in [-0.1, -0.05) is 42.0 Å². The van der Waals surface area contributed by atoms with E-state index < -0.39 is 0 Å². The average molecular weight is 334 g/mol. The number of hydrogen-bond acceptors (Lipinski definition) is 5. The summed E-state index contributed by atoms with van der Waals surface area (Å²) in [6.45, 7) is 1.99. The van der Waals surface area contributed by atoms with Crippen molar-refractivity contribution in [2.24, 2.45) is 0 Å². The Morgan fingerprint density at radius 1 is 1.32 bits per heavy atom. The number of nitrogens with zero attached hydrogens (tertiary/aromatic N) is 3. The Labute approximate surface area is 135 Å². The maximum atomic E-state index is 12.1. The Bertz CT molecular complexity index is 796. The Balaban J connectivity index is 1.75. The highest BCUT2D eigenvalue weighted by Gasteiger charge is 2.13. The second kappa shape index (κ2) is 6.25. The molecule has 0 fully saturated rings. The summed E-state index contributed by atoms with van der Waals surface area (Å²) in [5, 5.41) is 19.4. The van der Waals surface area contributed by atoms with Crippen LogP contribution in [0.2, 0.25) is 5.02 Å². The molecule has 0 bridgehead atoms. The van der Waals surface area contributed by atoms with Gasteiger partial charge < -0.3 is 0 Å². The highest BCUT2D eigenvalue weighted by molar-refractivity contribution is 7.15. The van der Waals surface area contributed by atoms with E-state index in [0.29, 0.717) is 21.5 Å². The third-order valence-electron chi connectivity index (χ3n) is 2.95. The van der Waals surface area contributed by atoms with Crippen molar-refractivity contribution in [1.29, 1.82) is 0 Å². The summed E-state index contributed by atoms with van der Waals surface area (Å²) in [6, 6.07) is 8.93. The number of anilines is 1. The SMILES string of the molecule is CCc1nnc(NC(=O)c2cc(-c3ccc(Cl)cc3)n[nH]2)s1. The molecule has 0 aliphatic carbocycles. The lowest BCUT2D eigenvalue weighted by molar-refractivity contribution is 0.102. The van der Waals surface area contributed by atoms with E-state index in [1.165, 1.54) is 11.3 Å². The molecule has 8 heteroatoms. The molecule has 0 unspecified atom stereocenters. The largest absolute Gasteiger partial charge is 0.295 e. The molecule has 1 amide bonds. The van der Waals surface area contributed by atoms with Gasteiger partial charge in [0.1, 0.15) is 10.7 Å². The van der Waals surface area contributed by atoms with Gasteiger partial charge in [-0.2, -0.15) is 5.10 Å². The molecular formula is C14H12ClN5OS. The summed E-state index contributed by atoms with van der Waals surface area (Å²) in [5.74, 6) is -0.300. The van der Waals surface area contributed by atoms with Crippen LogP contribution in [0.3, 0.4) is 0 Å². The molecule has 3 aromatic rings. The minimum Gasteiger partial charge on any atom is -0.295 e. The van der Waals surface area contributed by atoms with Crippen LogP contribution in [0, 0.1) is 0 Å². The molecule has 0 saturated carbocycles. The number of aromatic amines is 1. The molecule has 0 aliphatic rings. The van der Waals surface area contributed by atoms with Gasteiger partial charge in [0.15, 0.2) is 0 Å². The number of carbonyl (C=O) groups excluding carboxylic acids is 1. The van der Waals surface area contributed by atoms with E-state index in [-0.39, 0.29) is 5.91 Å². The number of hydrogen-bond donors (Lipinski definition) is 2. The Morgan fingerprint density at radius 3 is 2.77 bits per heavy atom. The van der Waals surface area contributed by atoms with Crippen LogP contribution >= 0.6 is 22.9 Å². The number of benzene rings is 1. The lowest BCUT2D eigenvalue weighted by atomic mass is 10.1. The first kappa shape index (κ1) is 14.7. The highest BCUT2D eigenvalue weighted by atomic mass is 35.5. The Hall–Kier alpha value is -2.25. The summed E-state index contributed by atoms with van der Waals surface area (Å²) < 4.78 is 0. The van der Waals surface area contributed by atoms with E-state index in [1.54, 1.807) is 18.2 Å². The van der Waals surface area contributed by atoms with Crippen molar-refractivity contribution in [3.05, 3.63) is 46.1 Å². The summed E-state index contributed by atoms with van der Waals surface area (Å²) in [5.41, 5.74) is 1.91. The van der Waals surface area contributed by atoms with Gasteiger partial charge in [-0.3, -0.25) is 15.2 Å². The quantitative estimate of drug-likeness (QED) is 0.766. The van der Waals surface area contributed by atoms with Crippen LogP contribution in [0.25, 0.3) is 11.3 Å². The number of halogens is 1. The third kappa shape index (κ3) is 3.15. The highest BCUT2D eigenvalue weighted by Crippen LogP contribution is 2.21. The smallest absolute Gasteiger partial charge is 0.275 e. The van der Waals surface area contributed by atoms with Gasteiger partial charge in [0.2, 0.25) is 5.13 Å². The van der Waals surface area contributed by atoms with Gasteiger partial charge in [0, 0.05) is 10.6 Å². The zero-order chi connectivity index (χ0) is 15.5. The van der Waals surface area contributed by atoms with Gasteiger partial charge in [0.25, 0.3) is 5.91 Å². The van der Waals surface area contributed by atoms with Crippen molar-refractivity contribution in [2.75, 3.05) is 5.32 Å². The average Bonchev–Trinajstić information content (AvgIpc) is 3.17. The zero-order valence-corrected chi connectivity index (χ0v) is 13.2. The van der Waals surface area contributed by atoms with Gasteiger partial charge in [0.05, 0.1) is 5.69 Å². The number of amides is 1. The number of rotatable bonds is 4. The molecule has 112 valence electrons. The lowest BCUT2D eigenvalue weighted by Crippen LogP contribution is -2.12. The second-order valence-corrected chi connectivity index (χ2v) is 5.98. The fraction of sp³-hybridized carbons (Fsp3) is 0.143. The number of aryl methyl sites for hydroxylation is 1. The van der Waals surface area contributed by atoms with Crippen LogP contribution in [-0.2, 0) is 6.42 Å². The summed E-state index contributed by atoms with van der Waals surface area (Å²) in [7, 11) is 0. The fourth-order valence-electron chi connectivity index (χ4n) is 1.82. The van der Waals surface area contributed by atoms with E-state index in [1.807, 2.05) is 19.1 Å². The van der Waals surface area contributed by atoms with Gasteiger partial charge >= 0.3 is 0 Å². The van der Waals surface area contributed by atoms with Crippen LogP contribution in [-0.4, -0.2) is 26.3 Å². The molecule has 0 aliphatic heterocycles. The minimum atomic E-state index is -0.300. The lowest BCUT2D eigenvalue weighted by Gasteiger charge is -1.96. The third-order valence-corrected chi connectivity index (χ3v) is 4.19. The van der Waals surface area contributed by atoms with E-state index in [4.69, 9.17) is 11.6 Å². The number of H-pyrrole nitrogens is 1. The maximum absolute atomic E-state index is 12.1. The molecule has 6 nitrogen and oxygen atoms in total. The molecule has 2 heterocycles. The number of aromatic nitrogens is 4. The number of carbonyl (C=O) groups is 1. The molecule has 22 heavy (non-hydrogen) atoms. The molecule has 3 rings (SSSR count). The summed E-state index contributed by atoms with van der Waals surface area (Å²) in [6.07, 6.45) is 0.790. The molecule has 0 saturated heterocycles. The number of nitrogens with one attached hydrogen (secondary N) is 2. The monoisotopic (exact) mass is 333 g/mol. The predicted molar refractivity (Wildman–Crippen MR) is 86.3 cm³/mol. The van der Waals surface area contributed by atoms with Crippen molar-refractivity contribution < 1.29 is 4.79 Å². The van der Waals surface area contributed by atoms with Gasteiger partial charge in [-0.05, 0) is 24.6 Å². The van der Waals surface area contributed by atoms with Crippen molar-refractivity contribution in [3.63, 3.8) is 0 Å². The van der Waals surface area contributed by atoms with Crippen molar-refractivity contribution in [1.82, 2.24) is 20.4 Å². The summed E-state index contributed by atoms with van der Waals surface area (Å²) >= 11 is 7.21. The van der Waals surface area contributed by atoms with E-state index >= 15 is 0 Å². The predicted octanol–water partition coefficient (Wildman–Crippen LogP) is 3.40. The minimum absolute atomic E-state index is 0.300. The van der Waals surface area contributed by atoms with Crippen LogP contribution in [0.4, 0.5) is 5.13 Å². The van der Waals surface area contributed by atoms with Crippen LogP contribution < -0.4 is 5.32 Å². The van der Waals surface area contributed by atoms with Crippen molar-refractivity contribution >= 4 is 34.0 Å². The van der Waals surface area contributed by atoms with Crippen LogP contribution in [0.1, 0.15) is 22.4 Å². The second-order valence-electron chi connectivity index (χ2n) is 4.48. The molecule has 2 N–H and O–H groups in total. The molecule has 0 spiro atoms. The zero-order valence-electron chi connectivity index (χ0n) is 11.6. The van der Waals surface area contributed by atoms with Crippen LogP contribution in [0.5, 0.6) is 0 Å². The van der Waals surface area contributed by atoms with E-state index in [2.05, 4.69) is 25.7 Å². The normalized spacial score (nSPS) is 10.6. The summed E-state index contributed by atoms with van der Waals surface area (Å²) in [4.78, 5) is 12.1. The van der Waals surface area contributed by atoms with Gasteiger partial charge in [-0.25, -0.2) is 0 Å². The first-order valence-electron chi connectivity index (χ1n) is 6.61. The molecule has 0 radical (unpaired) electrons. The van der Waals surface area contributed by atoms with Gasteiger partial charge in [-0.15, -0.1) is 10.2 Å². The maximum Gasteiger partial charge on any atom is 0.275 e. The Morgan fingerprint density at radius 2 is 2.09 bits per heavy atom. The first-order chi connectivity index (χ1) is 10.7. The van der Waals surface area contributed by atoms with Crippen molar-refractivity contribution in [3.8, 4) is 11.3 Å². The standard InChI is InChI=1S/C14H12ClN5OS/c1-2-12-19-20-14(22-12)16-13(21)11-7-10(17-18-11)8-3-5-9(15)6-4-8/h3-7H,2H2,1H3,(H,17,18)(H,16,20,21). The van der Waals surface area contributed by atoms with E-state index in [0.717, 1.165) is 17.0 Å². The van der Waals surface area contributed by atoms with E-state index in [9.17, 15) is 4.79 Å². The van der Waals surface area contributed by atoms with Crippen molar-refractivity contribution in [2.45, 2.75) is 13.3 Å². The fourth-order valence-corrected chi connectivity index (χ4v) is 2.62. The Kier molecular flexibility index (Phi) is 4.17. The topological polar surface area (TPSA) is 83.6 Å².